The number of aromatic nitrogens is 2. The quantitative estimate of drug-likeness (QED) is 0.882. The zero-order valence-electron chi connectivity index (χ0n) is 12.8. The molecule has 2 atom stereocenters. The minimum atomic E-state index is -0.355. The molecule has 0 amide bonds. The number of nitrogens with zero attached hydrogens (tertiary/aromatic N) is 3. The van der Waals surface area contributed by atoms with E-state index in [1.807, 2.05) is 6.33 Å². The molecule has 3 rings (SSSR count). The molecule has 5 heteroatoms. The van der Waals surface area contributed by atoms with Crippen LogP contribution in [0.1, 0.15) is 36.2 Å². The number of aliphatic hydroxyl groups excluding tert-OH is 1. The van der Waals surface area contributed by atoms with Gasteiger partial charge in [0.15, 0.2) is 0 Å². The van der Waals surface area contributed by atoms with Gasteiger partial charge in [-0.1, -0.05) is 30.3 Å². The van der Waals surface area contributed by atoms with E-state index in [4.69, 9.17) is 5.73 Å². The summed E-state index contributed by atoms with van der Waals surface area (Å²) in [5.74, 6) is 0. The summed E-state index contributed by atoms with van der Waals surface area (Å²) in [4.78, 5) is 6.71. The van der Waals surface area contributed by atoms with Crippen molar-refractivity contribution in [1.29, 1.82) is 0 Å². The smallest absolute Gasteiger partial charge is 0.0951 e. The van der Waals surface area contributed by atoms with Crippen LogP contribution in [0.2, 0.25) is 0 Å². The molecule has 2 aromatic rings. The van der Waals surface area contributed by atoms with Gasteiger partial charge < -0.3 is 15.4 Å². The van der Waals surface area contributed by atoms with E-state index >= 15 is 0 Å². The number of hydrogen-bond acceptors (Lipinski definition) is 4. The highest BCUT2D eigenvalue weighted by Crippen LogP contribution is 2.25. The summed E-state index contributed by atoms with van der Waals surface area (Å²) in [5, 5.41) is 9.30. The maximum Gasteiger partial charge on any atom is 0.0951 e. The molecule has 0 saturated carbocycles. The van der Waals surface area contributed by atoms with Gasteiger partial charge in [0.1, 0.15) is 0 Å². The first-order valence-corrected chi connectivity index (χ1v) is 7.92. The van der Waals surface area contributed by atoms with Gasteiger partial charge in [0.05, 0.1) is 24.7 Å². The average Bonchev–Trinajstić information content (AvgIpc) is 3.05. The molecule has 1 aliphatic heterocycles. The Morgan fingerprint density at radius 2 is 2.14 bits per heavy atom. The molecule has 0 spiro atoms. The fourth-order valence-corrected chi connectivity index (χ4v) is 3.24. The lowest BCUT2D eigenvalue weighted by atomic mass is 10.0. The molecule has 2 heterocycles. The summed E-state index contributed by atoms with van der Waals surface area (Å²) in [6.45, 7) is 3.05. The monoisotopic (exact) mass is 300 g/mol. The Morgan fingerprint density at radius 3 is 2.91 bits per heavy atom. The van der Waals surface area contributed by atoms with Crippen LogP contribution < -0.4 is 5.73 Å². The Bertz CT molecular complexity index is 583. The van der Waals surface area contributed by atoms with E-state index in [2.05, 4.69) is 44.8 Å². The summed E-state index contributed by atoms with van der Waals surface area (Å²) in [6.07, 6.45) is 5.93. The van der Waals surface area contributed by atoms with E-state index in [1.165, 1.54) is 12.0 Å². The summed E-state index contributed by atoms with van der Waals surface area (Å²) in [5.41, 5.74) is 8.25. The highest BCUT2D eigenvalue weighted by Gasteiger charge is 2.24. The van der Waals surface area contributed by atoms with Gasteiger partial charge in [-0.2, -0.15) is 0 Å². The van der Waals surface area contributed by atoms with E-state index in [9.17, 15) is 5.11 Å². The van der Waals surface area contributed by atoms with Crippen molar-refractivity contribution < 1.29 is 5.11 Å². The van der Waals surface area contributed by atoms with Crippen LogP contribution >= 0.6 is 0 Å². The third-order valence-corrected chi connectivity index (χ3v) is 4.40. The van der Waals surface area contributed by atoms with Gasteiger partial charge in [-0.15, -0.1) is 0 Å². The normalized spacial score (nSPS) is 20.9. The van der Waals surface area contributed by atoms with Gasteiger partial charge >= 0.3 is 0 Å². The topological polar surface area (TPSA) is 67.3 Å². The molecule has 1 aromatic carbocycles. The molecule has 0 aliphatic carbocycles. The van der Waals surface area contributed by atoms with Crippen LogP contribution in [0.25, 0.3) is 0 Å². The second kappa shape index (κ2) is 7.05. The number of likely N-dealkylation sites (tertiary alicyclic amines) is 1. The van der Waals surface area contributed by atoms with Crippen LogP contribution in [0.4, 0.5) is 0 Å². The van der Waals surface area contributed by atoms with E-state index in [1.54, 1.807) is 6.20 Å². The van der Waals surface area contributed by atoms with Crippen LogP contribution in [0.5, 0.6) is 0 Å². The lowest BCUT2D eigenvalue weighted by Gasteiger charge is -2.34. The predicted molar refractivity (Wildman–Crippen MR) is 86.2 cm³/mol. The van der Waals surface area contributed by atoms with Crippen molar-refractivity contribution in [2.45, 2.75) is 31.5 Å². The van der Waals surface area contributed by atoms with Gasteiger partial charge in [-0.05, 0) is 24.9 Å². The van der Waals surface area contributed by atoms with Crippen LogP contribution in [0, 0.1) is 0 Å². The Hall–Kier alpha value is -1.69. The molecule has 5 nitrogen and oxygen atoms in total. The molecule has 0 bridgehead atoms. The minimum absolute atomic E-state index is 0.0495. The summed E-state index contributed by atoms with van der Waals surface area (Å²) < 4.78 is 2.15. The van der Waals surface area contributed by atoms with Gasteiger partial charge in [0, 0.05) is 25.3 Å². The molecular weight excluding hydrogens is 276 g/mol. The third kappa shape index (κ3) is 3.38. The Labute approximate surface area is 131 Å². The molecule has 118 valence electrons. The van der Waals surface area contributed by atoms with E-state index in [-0.39, 0.29) is 12.6 Å². The molecule has 1 aliphatic rings. The number of benzene rings is 1. The fourth-order valence-electron chi connectivity index (χ4n) is 3.24. The lowest BCUT2D eigenvalue weighted by Crippen LogP contribution is -2.37. The van der Waals surface area contributed by atoms with Gasteiger partial charge in [0.25, 0.3) is 0 Å². The molecule has 1 aromatic heterocycles. The maximum atomic E-state index is 9.30. The zero-order valence-corrected chi connectivity index (χ0v) is 12.8. The first-order chi connectivity index (χ1) is 10.8. The fraction of sp³-hybridized carbons (Fsp3) is 0.471. The number of rotatable bonds is 5. The van der Waals surface area contributed by atoms with Gasteiger partial charge in [-0.25, -0.2) is 4.98 Å². The number of aliphatic hydroxyl groups is 1. The molecule has 3 N–H and O–H groups in total. The van der Waals surface area contributed by atoms with Gasteiger partial charge in [0.2, 0.25) is 0 Å². The summed E-state index contributed by atoms with van der Waals surface area (Å²) >= 11 is 0. The second-order valence-electron chi connectivity index (χ2n) is 6.03. The largest absolute Gasteiger partial charge is 0.394 e. The number of imidazole rings is 1. The van der Waals surface area contributed by atoms with Crippen LogP contribution in [-0.4, -0.2) is 39.3 Å². The number of nitrogens with two attached hydrogens (primary N) is 1. The van der Waals surface area contributed by atoms with Crippen molar-refractivity contribution in [2.75, 3.05) is 19.7 Å². The van der Waals surface area contributed by atoms with E-state index in [0.717, 1.165) is 31.7 Å². The van der Waals surface area contributed by atoms with E-state index in [0.29, 0.717) is 6.04 Å². The summed E-state index contributed by atoms with van der Waals surface area (Å²) in [6, 6.07) is 10.6. The third-order valence-electron chi connectivity index (χ3n) is 4.40. The van der Waals surface area contributed by atoms with Crippen molar-refractivity contribution in [3.63, 3.8) is 0 Å². The number of hydrogen-bond donors (Lipinski definition) is 2. The first-order valence-electron chi connectivity index (χ1n) is 7.92. The highest BCUT2D eigenvalue weighted by atomic mass is 16.3. The van der Waals surface area contributed by atoms with Crippen LogP contribution in [0.15, 0.2) is 42.9 Å². The van der Waals surface area contributed by atoms with Crippen molar-refractivity contribution in [3.8, 4) is 0 Å². The highest BCUT2D eigenvalue weighted by molar-refractivity contribution is 5.14. The first kappa shape index (κ1) is 15.2. The predicted octanol–water partition coefficient (Wildman–Crippen LogP) is 1.71. The maximum absolute atomic E-state index is 9.30. The second-order valence-corrected chi connectivity index (χ2v) is 6.03. The molecular formula is C17H24N4O. The molecule has 22 heavy (non-hydrogen) atoms. The molecule has 1 saturated heterocycles. The molecule has 0 unspecified atom stereocenters. The van der Waals surface area contributed by atoms with Crippen LogP contribution in [-0.2, 0) is 6.54 Å². The van der Waals surface area contributed by atoms with Crippen molar-refractivity contribution in [1.82, 2.24) is 14.5 Å². The number of piperidine rings is 1. The van der Waals surface area contributed by atoms with Crippen LogP contribution in [0.3, 0.4) is 0 Å². The molecule has 0 radical (unpaired) electrons. The van der Waals surface area contributed by atoms with Gasteiger partial charge in [-0.3, -0.25) is 4.90 Å². The average molecular weight is 300 g/mol. The summed E-state index contributed by atoms with van der Waals surface area (Å²) in [7, 11) is 0. The standard InChI is InChI=1S/C17H24N4O/c18-16(12-22)17-9-19-13-21(17)15-7-4-8-20(11-15)10-14-5-2-1-3-6-14/h1-3,5-6,9,13,15-16,22H,4,7-8,10-12,18H2/t15-,16+/m1/s1. The zero-order chi connectivity index (χ0) is 15.4. The SMILES string of the molecule is N[C@@H](CO)c1cncn1[C@@H]1CCCN(Cc2ccccc2)C1. The Balaban J connectivity index is 1.69. The van der Waals surface area contributed by atoms with Crippen molar-refractivity contribution in [3.05, 3.63) is 54.1 Å². The minimum Gasteiger partial charge on any atom is -0.394 e. The lowest BCUT2D eigenvalue weighted by molar-refractivity contribution is 0.166. The molecule has 1 fully saturated rings. The van der Waals surface area contributed by atoms with E-state index < -0.39 is 0 Å². The Morgan fingerprint density at radius 1 is 1.32 bits per heavy atom. The van der Waals surface area contributed by atoms with Crippen molar-refractivity contribution >= 4 is 0 Å². The van der Waals surface area contributed by atoms with Crippen molar-refractivity contribution in [2.24, 2.45) is 5.73 Å². The Kier molecular flexibility index (Phi) is 4.87.